The summed E-state index contributed by atoms with van der Waals surface area (Å²) in [4.78, 5) is 12.5. The highest BCUT2D eigenvalue weighted by Gasteiger charge is 2.53. The van der Waals surface area contributed by atoms with Gasteiger partial charge in [0, 0.05) is 12.6 Å². The van der Waals surface area contributed by atoms with Crippen LogP contribution in [-0.2, 0) is 23.7 Å². The first-order chi connectivity index (χ1) is 19.8. The third-order valence-electron chi connectivity index (χ3n) is 7.63. The van der Waals surface area contributed by atoms with Crippen LogP contribution >= 0.6 is 0 Å². The number of halogens is 2. The van der Waals surface area contributed by atoms with Gasteiger partial charge in [0.2, 0.25) is 0 Å². The summed E-state index contributed by atoms with van der Waals surface area (Å²) in [6.07, 6.45) is -17.2. The van der Waals surface area contributed by atoms with Gasteiger partial charge in [-0.2, -0.15) is 0 Å². The zero-order chi connectivity index (χ0) is 31.3. The predicted octanol–water partition coefficient (Wildman–Crippen LogP) is -5.95. The van der Waals surface area contributed by atoms with Gasteiger partial charge in [0.15, 0.2) is 30.9 Å². The lowest BCUT2D eigenvalue weighted by Gasteiger charge is -2.48. The first-order valence-electron chi connectivity index (χ1n) is 13.7. The third-order valence-corrected chi connectivity index (χ3v) is 7.63. The first-order valence-corrected chi connectivity index (χ1v) is 13.7. The van der Waals surface area contributed by atoms with Crippen molar-refractivity contribution in [2.45, 2.75) is 111 Å². The largest absolute Gasteiger partial charge is 0.394 e. The van der Waals surface area contributed by atoms with Gasteiger partial charge in [-0.05, 0) is 25.8 Å². The average Bonchev–Trinajstić information content (AvgIpc) is 2.93. The van der Waals surface area contributed by atoms with Crippen LogP contribution in [0.3, 0.4) is 0 Å². The molecular weight excluding hydrogens is 570 g/mol. The second-order valence-electron chi connectivity index (χ2n) is 10.7. The molecule has 7 unspecified atom stereocenters. The lowest BCUT2D eigenvalue weighted by atomic mass is 9.84. The van der Waals surface area contributed by atoms with E-state index in [1.54, 1.807) is 0 Å². The molecule has 0 aromatic heterocycles. The topological polar surface area (TPSA) is 313 Å². The van der Waals surface area contributed by atoms with Gasteiger partial charge in [-0.1, -0.05) is 0 Å². The number of aliphatic hydroxyl groups excluding tert-OH is 4. The molecule has 0 radical (unpaired) electrons. The molecule has 1 aliphatic carbocycles. The van der Waals surface area contributed by atoms with E-state index in [0.717, 1.165) is 0 Å². The van der Waals surface area contributed by atoms with E-state index in [0.29, 0.717) is 0 Å². The Balaban J connectivity index is 1.87. The van der Waals surface area contributed by atoms with Crippen LogP contribution in [0, 0.1) is 5.41 Å². The van der Waals surface area contributed by atoms with E-state index in [1.807, 2.05) is 0 Å². The van der Waals surface area contributed by atoms with Gasteiger partial charge < -0.3 is 78.7 Å². The summed E-state index contributed by atoms with van der Waals surface area (Å²) in [6.45, 7) is -0.948. The monoisotopic (exact) mass is 614 g/mol. The minimum atomic E-state index is -2.17. The molecule has 17 nitrogen and oxygen atoms in total. The SMILES string of the molecule is N=C(N)N[C@@H]1C(O)[C@@H](CO)OC(OC2C(F)[C@H](O[C@H]3OC(CN)[C@@H](O)CC3N)C(N)C[C@H]2NC(=O)[C@@H](F)CCN)[C@@H]1O. The highest BCUT2D eigenvalue weighted by molar-refractivity contribution is 5.81. The Bertz CT molecular complexity index is 903. The Kier molecular flexibility index (Phi) is 12.5. The molecule has 17 N–H and O–H groups in total. The lowest BCUT2D eigenvalue weighted by Crippen LogP contribution is -2.69. The molecule has 1 amide bonds. The van der Waals surface area contributed by atoms with Gasteiger partial charge in [0.1, 0.15) is 30.5 Å². The molecule has 15 atom stereocenters. The normalized spacial score (nSPS) is 43.4. The highest BCUT2D eigenvalue weighted by atomic mass is 19.1. The lowest BCUT2D eigenvalue weighted by molar-refractivity contribution is -0.311. The highest BCUT2D eigenvalue weighted by Crippen LogP contribution is 2.33. The summed E-state index contributed by atoms with van der Waals surface area (Å²) in [5, 5.41) is 53.3. The predicted molar refractivity (Wildman–Crippen MR) is 141 cm³/mol. The number of rotatable bonds is 11. The van der Waals surface area contributed by atoms with Crippen molar-refractivity contribution in [3.63, 3.8) is 0 Å². The third kappa shape index (κ3) is 7.98. The number of guanidine groups is 1. The number of hydrogen-bond donors (Lipinski definition) is 12. The summed E-state index contributed by atoms with van der Waals surface area (Å²) in [5.41, 5.74) is 28.6. The number of hydrogen-bond acceptors (Lipinski definition) is 14. The molecule has 3 fully saturated rings. The quantitative estimate of drug-likeness (QED) is 0.0761. The number of nitrogens with one attached hydrogen (secondary N) is 3. The smallest absolute Gasteiger partial charge is 0.254 e. The number of carbonyl (C=O) groups excluding carboxylic acids is 1. The van der Waals surface area contributed by atoms with Crippen LogP contribution in [0.4, 0.5) is 8.78 Å². The number of aliphatic hydroxyl groups is 4. The number of alkyl halides is 2. The first kappa shape index (κ1) is 34.6. The van der Waals surface area contributed by atoms with Gasteiger partial charge in [-0.25, -0.2) is 8.78 Å². The molecule has 2 aliphatic heterocycles. The van der Waals surface area contributed by atoms with Gasteiger partial charge in [0.25, 0.3) is 5.91 Å². The molecule has 244 valence electrons. The minimum Gasteiger partial charge on any atom is -0.394 e. The minimum absolute atomic E-state index is 0.0423. The summed E-state index contributed by atoms with van der Waals surface area (Å²) in [7, 11) is 0. The van der Waals surface area contributed by atoms with Crippen molar-refractivity contribution in [1.29, 1.82) is 5.41 Å². The second kappa shape index (κ2) is 15.2. The van der Waals surface area contributed by atoms with Gasteiger partial charge in [-0.15, -0.1) is 0 Å². The van der Waals surface area contributed by atoms with Crippen molar-refractivity contribution in [3.8, 4) is 0 Å². The average molecular weight is 615 g/mol. The van der Waals surface area contributed by atoms with Crippen LogP contribution in [0.2, 0.25) is 0 Å². The van der Waals surface area contributed by atoms with E-state index in [-0.39, 0.29) is 32.4 Å². The standard InChI is InChI=1S/C23H44F2N8O9/c24-7(1-2-26)20(38)32-10-3-8(28)18(41-21-9(29)4-11(35)12(5-27)39-21)14(25)19(10)42-22-17(37)15(33-23(30)31)16(36)13(6-34)40-22/h7-19,21-22,34-37H,1-6,26-29H2,(H,32,38)(H4,30,31,33)/t7-,8?,9?,10+,11-,12?,13+,14?,15+,16?,17+,18+,19?,21+,22?/m0/s1. The zero-order valence-electron chi connectivity index (χ0n) is 22.9. The van der Waals surface area contributed by atoms with Crippen LogP contribution in [0.15, 0.2) is 0 Å². The van der Waals surface area contributed by atoms with Crippen LogP contribution in [-0.4, -0.2) is 144 Å². The van der Waals surface area contributed by atoms with Crippen LogP contribution in [0.5, 0.6) is 0 Å². The second-order valence-corrected chi connectivity index (χ2v) is 10.7. The van der Waals surface area contributed by atoms with E-state index >= 15 is 4.39 Å². The van der Waals surface area contributed by atoms with E-state index < -0.39 is 110 Å². The van der Waals surface area contributed by atoms with E-state index in [2.05, 4.69) is 10.6 Å². The Labute approximate surface area is 240 Å². The van der Waals surface area contributed by atoms with Crippen molar-refractivity contribution < 1.29 is 52.9 Å². The molecule has 0 spiro atoms. The molecule has 2 saturated heterocycles. The molecule has 1 saturated carbocycles. The Morgan fingerprint density at radius 1 is 1.00 bits per heavy atom. The molecule has 19 heteroatoms. The van der Waals surface area contributed by atoms with Crippen molar-refractivity contribution in [2.75, 3.05) is 19.7 Å². The molecule has 0 aromatic carbocycles. The fraction of sp³-hybridized carbons (Fsp3) is 0.913. The van der Waals surface area contributed by atoms with Crippen molar-refractivity contribution in [1.82, 2.24) is 10.6 Å². The van der Waals surface area contributed by atoms with Gasteiger partial charge >= 0.3 is 0 Å². The van der Waals surface area contributed by atoms with E-state index in [4.69, 9.17) is 53.0 Å². The van der Waals surface area contributed by atoms with Crippen molar-refractivity contribution in [2.24, 2.45) is 28.7 Å². The van der Waals surface area contributed by atoms with Gasteiger partial charge in [0.05, 0.1) is 36.9 Å². The molecule has 3 rings (SSSR count). The molecular formula is C23H44F2N8O9. The van der Waals surface area contributed by atoms with Crippen LogP contribution in [0.1, 0.15) is 19.3 Å². The molecule has 0 aromatic rings. The van der Waals surface area contributed by atoms with Gasteiger partial charge in [-0.3, -0.25) is 10.2 Å². The maximum absolute atomic E-state index is 16.3. The maximum atomic E-state index is 16.3. The number of carbonyl (C=O) groups is 1. The summed E-state index contributed by atoms with van der Waals surface area (Å²) in [6, 6.07) is -4.63. The van der Waals surface area contributed by atoms with Crippen LogP contribution < -0.4 is 39.3 Å². The summed E-state index contributed by atoms with van der Waals surface area (Å²) in [5.74, 6) is -1.72. The number of ether oxygens (including phenoxy) is 4. The zero-order valence-corrected chi connectivity index (χ0v) is 22.9. The molecule has 2 heterocycles. The Morgan fingerprint density at radius 2 is 1.64 bits per heavy atom. The fourth-order valence-corrected chi connectivity index (χ4v) is 5.35. The maximum Gasteiger partial charge on any atom is 0.254 e. The van der Waals surface area contributed by atoms with E-state index in [9.17, 15) is 29.6 Å². The molecule has 42 heavy (non-hydrogen) atoms. The van der Waals surface area contributed by atoms with Crippen molar-refractivity contribution >= 4 is 11.9 Å². The summed E-state index contributed by atoms with van der Waals surface area (Å²) >= 11 is 0. The van der Waals surface area contributed by atoms with Crippen LogP contribution in [0.25, 0.3) is 0 Å². The Morgan fingerprint density at radius 3 is 2.24 bits per heavy atom. The van der Waals surface area contributed by atoms with Crippen molar-refractivity contribution in [3.05, 3.63) is 0 Å². The number of amides is 1. The fourth-order valence-electron chi connectivity index (χ4n) is 5.35. The molecule has 0 bridgehead atoms. The van der Waals surface area contributed by atoms with E-state index in [1.165, 1.54) is 0 Å². The Hall–Kier alpha value is -1.88. The summed E-state index contributed by atoms with van der Waals surface area (Å²) < 4.78 is 53.4. The number of nitrogens with two attached hydrogens (primary N) is 5. The molecule has 3 aliphatic rings.